The van der Waals surface area contributed by atoms with Gasteiger partial charge >= 0.3 is 6.18 Å². The quantitative estimate of drug-likeness (QED) is 0.112. The van der Waals surface area contributed by atoms with E-state index in [0.717, 1.165) is 72.5 Å². The van der Waals surface area contributed by atoms with Crippen molar-refractivity contribution in [3.8, 4) is 0 Å². The summed E-state index contributed by atoms with van der Waals surface area (Å²) >= 11 is 1.23. The van der Waals surface area contributed by atoms with Gasteiger partial charge in [0, 0.05) is 43.2 Å². The number of rotatable bonds is 11. The number of fused-ring (bicyclic) bond motifs is 1. The average Bonchev–Trinajstić information content (AvgIpc) is 3.39. The standard InChI is InChI=1S/C33H37F3N6O3S.3CH4/c1-2-4-22-16-26(41-32-27(22)28(37)29(46-32)30(38)44)42-13-11-24(12-14-42)39-18-25(43)20-7-9-21(10-8-20)31(45)40-17-19-5-3-6-23(15-19)33(34,35)36;;;/h3,5-10,15-16,24-25,39,43H,2,4,11-14,17-18,37H2,1H3,(H2,38,44)(H,40,45);3*1H4. The molecule has 3 heterocycles. The normalized spacial score (nSPS) is 13.9. The van der Waals surface area contributed by atoms with E-state index in [0.29, 0.717) is 33.8 Å². The van der Waals surface area contributed by atoms with Gasteiger partial charge in [0.15, 0.2) is 0 Å². The number of pyridine rings is 1. The van der Waals surface area contributed by atoms with Gasteiger partial charge in [0.05, 0.1) is 17.4 Å². The van der Waals surface area contributed by atoms with E-state index in [9.17, 15) is 27.9 Å². The number of aliphatic hydroxyl groups is 1. The highest BCUT2D eigenvalue weighted by molar-refractivity contribution is 7.21. The Kier molecular flexibility index (Phi) is 14.6. The Morgan fingerprint density at radius 2 is 1.76 bits per heavy atom. The molecular formula is C36H49F3N6O3S. The van der Waals surface area contributed by atoms with Crippen molar-refractivity contribution in [3.05, 3.63) is 87.3 Å². The first-order valence-electron chi connectivity index (χ1n) is 15.2. The molecular weight excluding hydrogens is 653 g/mol. The molecule has 1 aliphatic rings. The van der Waals surface area contributed by atoms with Crippen LogP contribution in [-0.4, -0.2) is 47.6 Å². The molecule has 2 aromatic heterocycles. The lowest BCUT2D eigenvalue weighted by molar-refractivity contribution is -0.137. The number of hydrogen-bond donors (Lipinski definition) is 5. The molecule has 0 spiro atoms. The molecule has 4 aromatic rings. The molecule has 7 N–H and O–H groups in total. The number of amides is 2. The van der Waals surface area contributed by atoms with Crippen molar-refractivity contribution < 1.29 is 27.9 Å². The van der Waals surface area contributed by atoms with Crippen LogP contribution in [0.2, 0.25) is 0 Å². The van der Waals surface area contributed by atoms with Gasteiger partial charge in [0.2, 0.25) is 0 Å². The number of aliphatic hydroxyl groups excluding tert-OH is 1. The molecule has 2 amide bonds. The monoisotopic (exact) mass is 702 g/mol. The van der Waals surface area contributed by atoms with Gasteiger partial charge in [0.25, 0.3) is 11.8 Å². The molecule has 0 aliphatic carbocycles. The second kappa shape index (κ2) is 17.5. The van der Waals surface area contributed by atoms with Crippen LogP contribution in [0.5, 0.6) is 0 Å². The molecule has 49 heavy (non-hydrogen) atoms. The Bertz CT molecular complexity index is 1700. The number of primary amides is 1. The molecule has 1 atom stereocenters. The van der Waals surface area contributed by atoms with E-state index in [1.807, 2.05) is 0 Å². The summed E-state index contributed by atoms with van der Waals surface area (Å²) in [5, 5.41) is 17.7. The van der Waals surface area contributed by atoms with E-state index < -0.39 is 29.7 Å². The van der Waals surface area contributed by atoms with Crippen LogP contribution < -0.4 is 27.0 Å². The number of halogens is 3. The van der Waals surface area contributed by atoms with Gasteiger partial charge in [0.1, 0.15) is 15.5 Å². The number of nitrogen functional groups attached to an aromatic ring is 1. The number of hydrogen-bond acceptors (Lipinski definition) is 8. The van der Waals surface area contributed by atoms with E-state index in [4.69, 9.17) is 16.5 Å². The summed E-state index contributed by atoms with van der Waals surface area (Å²) in [5.41, 5.74) is 13.8. The zero-order chi connectivity index (χ0) is 33.0. The zero-order valence-corrected chi connectivity index (χ0v) is 26.2. The molecule has 5 rings (SSSR count). The summed E-state index contributed by atoms with van der Waals surface area (Å²) in [5.74, 6) is -0.118. The average molecular weight is 703 g/mol. The highest BCUT2D eigenvalue weighted by Gasteiger charge is 2.30. The third-order valence-corrected chi connectivity index (χ3v) is 9.31. The number of nitrogens with two attached hydrogens (primary N) is 2. The maximum absolute atomic E-state index is 13.0. The molecule has 13 heteroatoms. The van der Waals surface area contributed by atoms with Gasteiger partial charge < -0.3 is 32.1 Å². The summed E-state index contributed by atoms with van der Waals surface area (Å²) in [7, 11) is 0. The van der Waals surface area contributed by atoms with Gasteiger partial charge in [-0.2, -0.15) is 13.2 Å². The number of nitrogens with zero attached hydrogens (tertiary/aromatic N) is 2. The van der Waals surface area contributed by atoms with Gasteiger partial charge in [-0.25, -0.2) is 4.98 Å². The molecule has 268 valence electrons. The predicted molar refractivity (Wildman–Crippen MR) is 194 cm³/mol. The number of carbonyl (C=O) groups is 2. The van der Waals surface area contributed by atoms with Crippen molar-refractivity contribution in [2.24, 2.45) is 5.73 Å². The van der Waals surface area contributed by atoms with Crippen LogP contribution in [-0.2, 0) is 19.1 Å². The fourth-order valence-electron chi connectivity index (χ4n) is 5.70. The Balaban J connectivity index is 0.00000278. The van der Waals surface area contributed by atoms with Crippen LogP contribution in [0.1, 0.15) is 96.9 Å². The van der Waals surface area contributed by atoms with Crippen LogP contribution in [0, 0.1) is 0 Å². The van der Waals surface area contributed by atoms with Crippen LogP contribution in [0.15, 0.2) is 54.6 Å². The van der Waals surface area contributed by atoms with Crippen molar-refractivity contribution in [2.45, 2.75) is 79.8 Å². The molecule has 9 nitrogen and oxygen atoms in total. The fraction of sp³-hybridized carbons (Fsp3) is 0.417. The van der Waals surface area contributed by atoms with Gasteiger partial charge in [-0.15, -0.1) is 11.3 Å². The first-order chi connectivity index (χ1) is 21.9. The second-order valence-electron chi connectivity index (χ2n) is 11.5. The van der Waals surface area contributed by atoms with Crippen LogP contribution >= 0.6 is 11.3 Å². The lowest BCUT2D eigenvalue weighted by Crippen LogP contribution is -2.44. The summed E-state index contributed by atoms with van der Waals surface area (Å²) in [4.78, 5) is 32.5. The maximum Gasteiger partial charge on any atom is 0.416 e. The summed E-state index contributed by atoms with van der Waals surface area (Å²) in [6, 6.07) is 13.6. The Hall–Kier alpha value is -4.20. The number of aromatic nitrogens is 1. The number of carbonyl (C=O) groups excluding carboxylic acids is 2. The number of aryl methyl sites for hydroxylation is 1. The largest absolute Gasteiger partial charge is 0.416 e. The Labute approximate surface area is 290 Å². The topological polar surface area (TPSA) is 147 Å². The summed E-state index contributed by atoms with van der Waals surface area (Å²) < 4.78 is 38.9. The van der Waals surface area contributed by atoms with E-state index in [1.165, 1.54) is 23.5 Å². The molecule has 0 saturated carbocycles. The van der Waals surface area contributed by atoms with Crippen LogP contribution in [0.3, 0.4) is 0 Å². The molecule has 1 aliphatic heterocycles. The van der Waals surface area contributed by atoms with Crippen molar-refractivity contribution >= 4 is 44.9 Å². The van der Waals surface area contributed by atoms with Crippen LogP contribution in [0.4, 0.5) is 24.7 Å². The molecule has 1 fully saturated rings. The molecule has 0 bridgehead atoms. The SMILES string of the molecule is C.C.C.CCCc1cc(N2CCC(NCC(O)c3ccc(C(=O)NCc4cccc(C(F)(F)F)c4)cc3)CC2)nc2sc(C(N)=O)c(N)c12. The number of anilines is 2. The summed E-state index contributed by atoms with van der Waals surface area (Å²) in [6.07, 6.45) is -1.81. The lowest BCUT2D eigenvalue weighted by atomic mass is 10.0. The first kappa shape index (κ1) is 41.0. The minimum Gasteiger partial charge on any atom is -0.397 e. The number of nitrogens with one attached hydrogen (secondary N) is 2. The van der Waals surface area contributed by atoms with Crippen molar-refractivity contribution in [2.75, 3.05) is 30.3 Å². The Morgan fingerprint density at radius 3 is 2.37 bits per heavy atom. The van der Waals surface area contributed by atoms with E-state index in [1.54, 1.807) is 24.3 Å². The first-order valence-corrected chi connectivity index (χ1v) is 16.0. The maximum atomic E-state index is 13.0. The van der Waals surface area contributed by atoms with Gasteiger partial charge in [-0.3, -0.25) is 9.59 Å². The smallest absolute Gasteiger partial charge is 0.397 e. The number of thiophene rings is 1. The van der Waals surface area contributed by atoms with Crippen molar-refractivity contribution in [3.63, 3.8) is 0 Å². The molecule has 1 saturated heterocycles. The third kappa shape index (κ3) is 9.71. The van der Waals surface area contributed by atoms with E-state index in [-0.39, 0.29) is 34.9 Å². The third-order valence-electron chi connectivity index (χ3n) is 8.19. The summed E-state index contributed by atoms with van der Waals surface area (Å²) in [6.45, 7) is 3.92. The minimum absolute atomic E-state index is 0. The highest BCUT2D eigenvalue weighted by atomic mass is 32.1. The van der Waals surface area contributed by atoms with Crippen molar-refractivity contribution in [1.82, 2.24) is 15.6 Å². The second-order valence-corrected chi connectivity index (χ2v) is 12.5. The number of alkyl halides is 3. The van der Waals surface area contributed by atoms with Crippen LogP contribution in [0.25, 0.3) is 10.2 Å². The minimum atomic E-state index is -4.45. The fourth-order valence-corrected chi connectivity index (χ4v) is 6.69. The molecule has 2 aromatic carbocycles. The Morgan fingerprint density at radius 1 is 1.08 bits per heavy atom. The van der Waals surface area contributed by atoms with Crippen molar-refractivity contribution in [1.29, 1.82) is 0 Å². The van der Waals surface area contributed by atoms with Gasteiger partial charge in [-0.05, 0) is 66.3 Å². The van der Waals surface area contributed by atoms with E-state index >= 15 is 0 Å². The molecule has 1 unspecified atom stereocenters. The number of benzene rings is 2. The van der Waals surface area contributed by atoms with E-state index in [2.05, 4.69) is 28.5 Å². The lowest BCUT2D eigenvalue weighted by Gasteiger charge is -2.34. The highest BCUT2D eigenvalue weighted by Crippen LogP contribution is 2.37. The molecule has 0 radical (unpaired) electrons. The number of piperidine rings is 1. The van der Waals surface area contributed by atoms with Gasteiger partial charge in [-0.1, -0.05) is 59.9 Å². The predicted octanol–water partition coefficient (Wildman–Crippen LogP) is 7.08. The zero-order valence-electron chi connectivity index (χ0n) is 25.4.